The molecule has 7 heteroatoms. The molecule has 0 aliphatic carbocycles. The minimum absolute atomic E-state index is 0.0183. The highest BCUT2D eigenvalue weighted by molar-refractivity contribution is 5.92. The van der Waals surface area contributed by atoms with Gasteiger partial charge >= 0.3 is 5.97 Å². The van der Waals surface area contributed by atoms with Gasteiger partial charge in [-0.25, -0.2) is 4.79 Å². The summed E-state index contributed by atoms with van der Waals surface area (Å²) in [6.45, 7) is 3.77. The number of amides is 1. The number of carbonyl (C=O) groups excluding carboxylic acids is 1. The lowest BCUT2D eigenvalue weighted by atomic mass is 10.2. The number of aliphatic carboxylic acids is 1. The number of hydrogen-bond acceptors (Lipinski definition) is 5. The Hall–Kier alpha value is -1.89. The van der Waals surface area contributed by atoms with Gasteiger partial charge in [0.15, 0.2) is 11.8 Å². The van der Waals surface area contributed by atoms with Crippen LogP contribution in [0.1, 0.15) is 23.2 Å². The van der Waals surface area contributed by atoms with E-state index in [9.17, 15) is 9.59 Å². The number of aromatic nitrogens is 1. The van der Waals surface area contributed by atoms with Gasteiger partial charge in [-0.2, -0.15) is 0 Å². The van der Waals surface area contributed by atoms with Crippen LogP contribution in [0.4, 0.5) is 0 Å². The number of morpholine rings is 1. The van der Waals surface area contributed by atoms with Crippen LogP contribution in [0.25, 0.3) is 0 Å². The van der Waals surface area contributed by atoms with Gasteiger partial charge in [0.1, 0.15) is 5.76 Å². The van der Waals surface area contributed by atoms with E-state index in [2.05, 4.69) is 5.16 Å². The molecule has 0 radical (unpaired) electrons. The van der Waals surface area contributed by atoms with Crippen LogP contribution in [0.2, 0.25) is 0 Å². The molecule has 1 aromatic rings. The lowest BCUT2D eigenvalue weighted by molar-refractivity contribution is -0.160. The Bertz CT molecular complexity index is 470. The molecular formula is C11H14N2O5. The molecule has 0 saturated carbocycles. The Morgan fingerprint density at radius 1 is 1.50 bits per heavy atom. The lowest BCUT2D eigenvalue weighted by Crippen LogP contribution is -2.51. The zero-order chi connectivity index (χ0) is 13.3. The lowest BCUT2D eigenvalue weighted by Gasteiger charge is -2.34. The molecule has 7 nitrogen and oxygen atoms in total. The van der Waals surface area contributed by atoms with Crippen molar-refractivity contribution >= 4 is 11.9 Å². The maximum Gasteiger partial charge on any atom is 0.334 e. The Labute approximate surface area is 103 Å². The molecule has 1 saturated heterocycles. The summed E-state index contributed by atoms with van der Waals surface area (Å²) in [5.74, 6) is -0.877. The number of carboxylic acid groups (broad SMARTS) is 1. The first kappa shape index (κ1) is 12.6. The first-order valence-electron chi connectivity index (χ1n) is 5.58. The zero-order valence-electron chi connectivity index (χ0n) is 10.1. The summed E-state index contributed by atoms with van der Waals surface area (Å²) >= 11 is 0. The van der Waals surface area contributed by atoms with Crippen molar-refractivity contribution in [1.29, 1.82) is 0 Å². The topological polar surface area (TPSA) is 92.9 Å². The Morgan fingerprint density at radius 3 is 2.78 bits per heavy atom. The summed E-state index contributed by atoms with van der Waals surface area (Å²) in [5.41, 5.74) is 0.186. The average molecular weight is 254 g/mol. The molecule has 18 heavy (non-hydrogen) atoms. The van der Waals surface area contributed by atoms with Crippen molar-refractivity contribution in [1.82, 2.24) is 10.1 Å². The second-order valence-electron chi connectivity index (χ2n) is 4.31. The predicted octanol–water partition coefficient (Wildman–Crippen LogP) is 0.297. The van der Waals surface area contributed by atoms with Crippen molar-refractivity contribution in [3.05, 3.63) is 17.5 Å². The van der Waals surface area contributed by atoms with Gasteiger partial charge in [0, 0.05) is 12.6 Å². The maximum atomic E-state index is 12.1. The molecule has 1 aliphatic rings. The molecule has 2 heterocycles. The number of hydrogen-bond donors (Lipinski definition) is 1. The van der Waals surface area contributed by atoms with Gasteiger partial charge < -0.3 is 19.3 Å². The minimum Gasteiger partial charge on any atom is -0.479 e. The number of carboxylic acids is 1. The summed E-state index contributed by atoms with van der Waals surface area (Å²) in [6, 6.07) is 1.53. The standard InChI is InChI=1S/C11H14N2O5/c1-6-3-8(12-18-6)10(14)13-4-7(2)17-9(5-13)11(15)16/h3,7,9H,4-5H2,1-2H3,(H,15,16)/t7-,9?/m1/s1. The molecular weight excluding hydrogens is 240 g/mol. The summed E-state index contributed by atoms with van der Waals surface area (Å²) in [4.78, 5) is 24.4. The van der Waals surface area contributed by atoms with Gasteiger partial charge in [0.2, 0.25) is 0 Å². The summed E-state index contributed by atoms with van der Waals surface area (Å²) < 4.78 is 10.1. The summed E-state index contributed by atoms with van der Waals surface area (Å²) in [7, 11) is 0. The quantitative estimate of drug-likeness (QED) is 0.815. The monoisotopic (exact) mass is 254 g/mol. The van der Waals surface area contributed by atoms with Crippen LogP contribution in [-0.4, -0.2) is 52.3 Å². The zero-order valence-corrected chi connectivity index (χ0v) is 10.1. The smallest absolute Gasteiger partial charge is 0.334 e. The third kappa shape index (κ3) is 2.51. The van der Waals surface area contributed by atoms with E-state index < -0.39 is 12.1 Å². The minimum atomic E-state index is -1.07. The second kappa shape index (κ2) is 4.77. The number of ether oxygens (including phenoxy) is 1. The highest BCUT2D eigenvalue weighted by atomic mass is 16.5. The van der Waals surface area contributed by atoms with Crippen LogP contribution >= 0.6 is 0 Å². The van der Waals surface area contributed by atoms with Crippen LogP contribution in [-0.2, 0) is 9.53 Å². The van der Waals surface area contributed by atoms with Gasteiger partial charge in [0.25, 0.3) is 5.91 Å². The van der Waals surface area contributed by atoms with Gasteiger partial charge in [-0.15, -0.1) is 0 Å². The molecule has 1 aliphatic heterocycles. The van der Waals surface area contributed by atoms with E-state index in [0.29, 0.717) is 12.3 Å². The first-order valence-corrected chi connectivity index (χ1v) is 5.58. The van der Waals surface area contributed by atoms with E-state index in [-0.39, 0.29) is 24.2 Å². The fourth-order valence-electron chi connectivity index (χ4n) is 1.88. The van der Waals surface area contributed by atoms with Crippen LogP contribution < -0.4 is 0 Å². The van der Waals surface area contributed by atoms with E-state index in [4.69, 9.17) is 14.4 Å². The van der Waals surface area contributed by atoms with Gasteiger partial charge in [-0.05, 0) is 13.8 Å². The molecule has 1 aromatic heterocycles. The SMILES string of the molecule is Cc1cc(C(=O)N2CC(C(=O)O)O[C@H](C)C2)no1. The Morgan fingerprint density at radius 2 is 2.22 bits per heavy atom. The third-order valence-corrected chi connectivity index (χ3v) is 2.67. The van der Waals surface area contributed by atoms with E-state index in [1.54, 1.807) is 13.8 Å². The van der Waals surface area contributed by atoms with Crippen molar-refractivity contribution < 1.29 is 24.0 Å². The molecule has 1 N–H and O–H groups in total. The molecule has 0 bridgehead atoms. The van der Waals surface area contributed by atoms with E-state index in [0.717, 1.165) is 0 Å². The molecule has 0 aromatic carbocycles. The first-order chi connectivity index (χ1) is 8.47. The van der Waals surface area contributed by atoms with Crippen LogP contribution in [0, 0.1) is 6.92 Å². The van der Waals surface area contributed by atoms with E-state index in [1.165, 1.54) is 11.0 Å². The normalized spacial score (nSPS) is 24.0. The number of rotatable bonds is 2. The third-order valence-electron chi connectivity index (χ3n) is 2.67. The van der Waals surface area contributed by atoms with Crippen molar-refractivity contribution in [3.63, 3.8) is 0 Å². The van der Waals surface area contributed by atoms with Crippen molar-refractivity contribution in [3.8, 4) is 0 Å². The Balaban J connectivity index is 2.12. The molecule has 98 valence electrons. The highest BCUT2D eigenvalue weighted by Crippen LogP contribution is 2.14. The van der Waals surface area contributed by atoms with Crippen molar-refractivity contribution in [2.75, 3.05) is 13.1 Å². The molecule has 1 unspecified atom stereocenters. The fourth-order valence-corrected chi connectivity index (χ4v) is 1.88. The maximum absolute atomic E-state index is 12.1. The largest absolute Gasteiger partial charge is 0.479 e. The van der Waals surface area contributed by atoms with Gasteiger partial charge in [-0.3, -0.25) is 4.79 Å². The summed E-state index contributed by atoms with van der Waals surface area (Å²) in [5, 5.41) is 12.6. The molecule has 2 atom stereocenters. The fraction of sp³-hybridized carbons (Fsp3) is 0.545. The average Bonchev–Trinajstić information content (AvgIpc) is 2.74. The van der Waals surface area contributed by atoms with E-state index >= 15 is 0 Å². The van der Waals surface area contributed by atoms with Crippen molar-refractivity contribution in [2.24, 2.45) is 0 Å². The molecule has 1 amide bonds. The van der Waals surface area contributed by atoms with Crippen LogP contribution in [0.3, 0.4) is 0 Å². The van der Waals surface area contributed by atoms with Gasteiger partial charge in [-0.1, -0.05) is 5.16 Å². The molecule has 1 fully saturated rings. The Kier molecular flexibility index (Phi) is 3.33. The number of carbonyl (C=O) groups is 2. The van der Waals surface area contributed by atoms with E-state index in [1.807, 2.05) is 0 Å². The highest BCUT2D eigenvalue weighted by Gasteiger charge is 2.33. The number of nitrogens with zero attached hydrogens (tertiary/aromatic N) is 2. The molecule has 0 spiro atoms. The van der Waals surface area contributed by atoms with Gasteiger partial charge in [0.05, 0.1) is 12.6 Å². The second-order valence-corrected chi connectivity index (χ2v) is 4.31. The number of aryl methyl sites for hydroxylation is 1. The summed E-state index contributed by atoms with van der Waals surface area (Å²) in [6.07, 6.45) is -1.32. The molecule has 2 rings (SSSR count). The van der Waals surface area contributed by atoms with Crippen molar-refractivity contribution in [2.45, 2.75) is 26.1 Å². The predicted molar refractivity (Wildman–Crippen MR) is 59.1 cm³/mol. The van der Waals surface area contributed by atoms with Crippen LogP contribution in [0.5, 0.6) is 0 Å². The van der Waals surface area contributed by atoms with Crippen LogP contribution in [0.15, 0.2) is 10.6 Å².